The summed E-state index contributed by atoms with van der Waals surface area (Å²) in [4.78, 5) is 37.1. The van der Waals surface area contributed by atoms with Crippen LogP contribution in [0.3, 0.4) is 0 Å². The Kier molecular flexibility index (Phi) is 4.49. The van der Waals surface area contributed by atoms with Crippen LogP contribution < -0.4 is 10.7 Å². The van der Waals surface area contributed by atoms with E-state index in [0.717, 1.165) is 0 Å². The third-order valence-corrected chi connectivity index (χ3v) is 4.73. The Labute approximate surface area is 161 Å². The topological polar surface area (TPSA) is 68.2 Å². The second kappa shape index (κ2) is 7.12. The fourth-order valence-electron chi connectivity index (χ4n) is 3.41. The van der Waals surface area contributed by atoms with Gasteiger partial charge in [-0.25, -0.2) is 0 Å². The molecule has 0 aliphatic carbocycles. The fraction of sp³-hybridized carbons (Fsp3) is 0.0870. The number of ketones is 1. The van der Waals surface area contributed by atoms with Gasteiger partial charge in [0.15, 0.2) is 11.2 Å². The number of pyridine rings is 1. The standard InChI is InChI=1S/C23H18N2O3/c1-15(26)16-7-6-8-17(13-16)24-22(27)14-25-20-11-4-2-9-18(20)23(28)19-10-3-5-12-21(19)25/h2-13H,14H2,1H3,(H,24,27). The number of hydrogen-bond donors (Lipinski definition) is 1. The first-order valence-electron chi connectivity index (χ1n) is 8.96. The van der Waals surface area contributed by atoms with Gasteiger partial charge in [0.25, 0.3) is 0 Å². The Morgan fingerprint density at radius 2 is 1.46 bits per heavy atom. The van der Waals surface area contributed by atoms with Gasteiger partial charge >= 0.3 is 0 Å². The van der Waals surface area contributed by atoms with Crippen LogP contribution in [-0.4, -0.2) is 16.3 Å². The second-order valence-electron chi connectivity index (χ2n) is 6.63. The van der Waals surface area contributed by atoms with Gasteiger partial charge < -0.3 is 9.88 Å². The SMILES string of the molecule is CC(=O)c1cccc(NC(=O)Cn2c3ccccc3c(=O)c3ccccc32)c1. The van der Waals surface area contributed by atoms with E-state index in [0.29, 0.717) is 33.1 Å². The molecule has 1 heterocycles. The lowest BCUT2D eigenvalue weighted by molar-refractivity contribution is -0.116. The first kappa shape index (κ1) is 17.7. The van der Waals surface area contributed by atoms with Crippen molar-refractivity contribution in [1.82, 2.24) is 4.57 Å². The summed E-state index contributed by atoms with van der Waals surface area (Å²) in [5.41, 5.74) is 2.47. The van der Waals surface area contributed by atoms with Crippen molar-refractivity contribution in [3.05, 3.63) is 88.6 Å². The Bertz CT molecular complexity index is 1230. The number of amides is 1. The molecule has 0 aliphatic heterocycles. The number of carbonyl (C=O) groups excluding carboxylic acids is 2. The molecule has 1 amide bonds. The first-order valence-corrected chi connectivity index (χ1v) is 8.96. The van der Waals surface area contributed by atoms with Crippen LogP contribution >= 0.6 is 0 Å². The van der Waals surface area contributed by atoms with Gasteiger partial charge in [0, 0.05) is 22.0 Å². The average Bonchev–Trinajstić information content (AvgIpc) is 2.71. The zero-order chi connectivity index (χ0) is 19.7. The Morgan fingerprint density at radius 1 is 0.857 bits per heavy atom. The molecule has 1 N–H and O–H groups in total. The van der Waals surface area contributed by atoms with E-state index < -0.39 is 0 Å². The molecular weight excluding hydrogens is 352 g/mol. The minimum atomic E-state index is -0.236. The average molecular weight is 370 g/mol. The highest BCUT2D eigenvalue weighted by Gasteiger charge is 2.13. The lowest BCUT2D eigenvalue weighted by Gasteiger charge is -2.15. The molecule has 0 spiro atoms. The zero-order valence-electron chi connectivity index (χ0n) is 15.3. The number of para-hydroxylation sites is 2. The van der Waals surface area contributed by atoms with Crippen molar-refractivity contribution >= 4 is 39.2 Å². The van der Waals surface area contributed by atoms with Crippen LogP contribution in [-0.2, 0) is 11.3 Å². The quantitative estimate of drug-likeness (QED) is 0.436. The van der Waals surface area contributed by atoms with Crippen molar-refractivity contribution in [1.29, 1.82) is 0 Å². The number of rotatable bonds is 4. The molecule has 5 heteroatoms. The molecule has 0 bridgehead atoms. The van der Waals surface area contributed by atoms with Crippen LogP contribution in [0.25, 0.3) is 21.8 Å². The van der Waals surface area contributed by atoms with Crippen molar-refractivity contribution in [2.75, 3.05) is 5.32 Å². The molecule has 4 aromatic rings. The number of carbonyl (C=O) groups is 2. The maximum absolute atomic E-state index is 12.8. The van der Waals surface area contributed by atoms with Gasteiger partial charge in [-0.1, -0.05) is 36.4 Å². The molecule has 0 saturated carbocycles. The van der Waals surface area contributed by atoms with Crippen LogP contribution in [0.4, 0.5) is 5.69 Å². The summed E-state index contributed by atoms with van der Waals surface area (Å²) >= 11 is 0. The third kappa shape index (κ3) is 3.18. The van der Waals surface area contributed by atoms with E-state index in [-0.39, 0.29) is 23.7 Å². The number of nitrogens with zero attached hydrogens (tertiary/aromatic N) is 1. The summed E-state index contributed by atoms with van der Waals surface area (Å²) in [7, 11) is 0. The van der Waals surface area contributed by atoms with Crippen molar-refractivity contribution < 1.29 is 9.59 Å². The minimum Gasteiger partial charge on any atom is -0.331 e. The number of aromatic nitrogens is 1. The van der Waals surface area contributed by atoms with E-state index in [4.69, 9.17) is 0 Å². The van der Waals surface area contributed by atoms with E-state index in [1.165, 1.54) is 6.92 Å². The molecule has 1 aromatic heterocycles. The van der Waals surface area contributed by atoms with E-state index in [1.807, 2.05) is 41.0 Å². The number of hydrogen-bond acceptors (Lipinski definition) is 3. The van der Waals surface area contributed by atoms with Gasteiger partial charge in [0.1, 0.15) is 6.54 Å². The molecular formula is C23H18N2O3. The molecule has 0 saturated heterocycles. The largest absolute Gasteiger partial charge is 0.331 e. The number of benzene rings is 3. The molecule has 28 heavy (non-hydrogen) atoms. The van der Waals surface area contributed by atoms with E-state index >= 15 is 0 Å². The molecule has 0 aliphatic rings. The van der Waals surface area contributed by atoms with E-state index in [1.54, 1.807) is 36.4 Å². The highest BCUT2D eigenvalue weighted by molar-refractivity contribution is 5.99. The number of nitrogens with one attached hydrogen (secondary N) is 1. The van der Waals surface area contributed by atoms with E-state index in [9.17, 15) is 14.4 Å². The third-order valence-electron chi connectivity index (χ3n) is 4.73. The van der Waals surface area contributed by atoms with Crippen molar-refractivity contribution in [3.8, 4) is 0 Å². The summed E-state index contributed by atoms with van der Waals surface area (Å²) < 4.78 is 1.84. The summed E-state index contributed by atoms with van der Waals surface area (Å²) in [5.74, 6) is -0.298. The minimum absolute atomic E-state index is 0.0444. The van der Waals surface area contributed by atoms with Gasteiger partial charge in [0.05, 0.1) is 11.0 Å². The summed E-state index contributed by atoms with van der Waals surface area (Å²) in [5, 5.41) is 3.99. The van der Waals surface area contributed by atoms with Gasteiger partial charge in [-0.15, -0.1) is 0 Å². The van der Waals surface area contributed by atoms with Crippen LogP contribution in [0.2, 0.25) is 0 Å². The molecule has 4 rings (SSSR count). The predicted octanol–water partition coefficient (Wildman–Crippen LogP) is 4.00. The monoisotopic (exact) mass is 370 g/mol. The summed E-state index contributed by atoms with van der Waals surface area (Å²) in [6.07, 6.45) is 0. The van der Waals surface area contributed by atoms with Gasteiger partial charge in [-0.2, -0.15) is 0 Å². The molecule has 5 nitrogen and oxygen atoms in total. The van der Waals surface area contributed by atoms with Gasteiger partial charge in [-0.05, 0) is 43.3 Å². The molecule has 0 fully saturated rings. The normalized spacial score (nSPS) is 10.9. The Morgan fingerprint density at radius 3 is 2.07 bits per heavy atom. The first-order chi connectivity index (χ1) is 13.5. The van der Waals surface area contributed by atoms with Crippen molar-refractivity contribution in [2.24, 2.45) is 0 Å². The number of fused-ring (bicyclic) bond motifs is 2. The predicted molar refractivity (Wildman–Crippen MR) is 111 cm³/mol. The smallest absolute Gasteiger partial charge is 0.244 e. The highest BCUT2D eigenvalue weighted by Crippen LogP contribution is 2.19. The van der Waals surface area contributed by atoms with Crippen molar-refractivity contribution in [2.45, 2.75) is 13.5 Å². The van der Waals surface area contributed by atoms with E-state index in [2.05, 4.69) is 5.32 Å². The lowest BCUT2D eigenvalue weighted by atomic mass is 10.1. The van der Waals surface area contributed by atoms with Gasteiger partial charge in [0.2, 0.25) is 5.91 Å². The highest BCUT2D eigenvalue weighted by atomic mass is 16.2. The second-order valence-corrected chi connectivity index (χ2v) is 6.63. The van der Waals surface area contributed by atoms with Crippen LogP contribution in [0.5, 0.6) is 0 Å². The fourth-order valence-corrected chi connectivity index (χ4v) is 3.41. The molecule has 0 atom stereocenters. The maximum Gasteiger partial charge on any atom is 0.244 e. The maximum atomic E-state index is 12.8. The molecule has 0 radical (unpaired) electrons. The van der Waals surface area contributed by atoms with Gasteiger partial charge in [-0.3, -0.25) is 14.4 Å². The van der Waals surface area contributed by atoms with Crippen LogP contribution in [0.1, 0.15) is 17.3 Å². The summed E-state index contributed by atoms with van der Waals surface area (Å²) in [6, 6.07) is 21.4. The molecule has 0 unspecified atom stereocenters. The lowest BCUT2D eigenvalue weighted by Crippen LogP contribution is -2.21. The number of anilines is 1. The Balaban J connectivity index is 1.76. The summed E-state index contributed by atoms with van der Waals surface area (Å²) in [6.45, 7) is 1.53. The molecule has 138 valence electrons. The number of Topliss-reactive ketones (excluding diaryl/α,β-unsaturated/α-hetero) is 1. The zero-order valence-corrected chi connectivity index (χ0v) is 15.3. The van der Waals surface area contributed by atoms with Crippen LogP contribution in [0.15, 0.2) is 77.6 Å². The van der Waals surface area contributed by atoms with Crippen molar-refractivity contribution in [3.63, 3.8) is 0 Å². The Hall–Kier alpha value is -3.73. The molecule has 3 aromatic carbocycles. The van der Waals surface area contributed by atoms with Crippen LogP contribution in [0, 0.1) is 0 Å².